The fourth-order valence-electron chi connectivity index (χ4n) is 2.23. The van der Waals surface area contributed by atoms with Crippen LogP contribution < -0.4 is 0 Å². The molecule has 0 amide bonds. The predicted octanol–water partition coefficient (Wildman–Crippen LogP) is 4.02. The van der Waals surface area contributed by atoms with Crippen molar-refractivity contribution in [1.29, 1.82) is 0 Å². The molecule has 0 atom stereocenters. The van der Waals surface area contributed by atoms with Crippen LogP contribution in [0.15, 0.2) is 0 Å². The molecule has 0 unspecified atom stereocenters. The molecule has 0 aliphatic rings. The summed E-state index contributed by atoms with van der Waals surface area (Å²) in [6.45, 7) is 15.5. The molecule has 0 saturated heterocycles. The largest absolute Gasteiger partial charge is 0.329 e. The maximum Gasteiger partial charge on any atom is 0.106 e. The summed E-state index contributed by atoms with van der Waals surface area (Å²) in [7, 11) is 0. The van der Waals surface area contributed by atoms with Gasteiger partial charge in [-0.1, -0.05) is 27.7 Å². The lowest BCUT2D eigenvalue weighted by Gasteiger charge is -2.18. The van der Waals surface area contributed by atoms with Crippen LogP contribution in [-0.2, 0) is 0 Å². The molecular weight excluding hydrogens is 184 g/mol. The summed E-state index contributed by atoms with van der Waals surface area (Å²) >= 11 is 0. The van der Waals surface area contributed by atoms with Crippen molar-refractivity contribution in [3.63, 3.8) is 0 Å². The molecule has 0 spiro atoms. The van der Waals surface area contributed by atoms with Gasteiger partial charge in [0.05, 0.1) is 5.69 Å². The molecule has 0 aromatic carbocycles. The van der Waals surface area contributed by atoms with Crippen molar-refractivity contribution >= 4 is 0 Å². The molecule has 0 fully saturated rings. The molecule has 0 bridgehead atoms. The van der Waals surface area contributed by atoms with Crippen LogP contribution in [0.5, 0.6) is 0 Å². The highest BCUT2D eigenvalue weighted by Gasteiger charge is 2.20. The quantitative estimate of drug-likeness (QED) is 0.733. The Morgan fingerprint density at radius 2 is 1.47 bits per heavy atom. The molecule has 0 radical (unpaired) electrons. The van der Waals surface area contributed by atoms with Crippen LogP contribution in [0.2, 0.25) is 0 Å². The highest BCUT2D eigenvalue weighted by atomic mass is 15.1. The van der Waals surface area contributed by atoms with Crippen molar-refractivity contribution in [1.82, 2.24) is 9.55 Å². The number of aromatic nitrogens is 2. The van der Waals surface area contributed by atoms with Crippen molar-refractivity contribution in [2.24, 2.45) is 0 Å². The Balaban J connectivity index is 3.38. The molecule has 1 heterocycles. The minimum absolute atomic E-state index is 0.502. The zero-order valence-electron chi connectivity index (χ0n) is 11.1. The Labute approximate surface area is 93.7 Å². The minimum Gasteiger partial charge on any atom is -0.329 e. The number of rotatable bonds is 3. The van der Waals surface area contributed by atoms with Gasteiger partial charge in [0.25, 0.3) is 0 Å². The summed E-state index contributed by atoms with van der Waals surface area (Å²) in [6, 6.07) is 0.502. The van der Waals surface area contributed by atoms with Gasteiger partial charge in [0, 0.05) is 11.7 Å². The van der Waals surface area contributed by atoms with Gasteiger partial charge in [-0.3, -0.25) is 0 Å². The van der Waals surface area contributed by atoms with E-state index in [2.05, 4.69) is 53.0 Å². The summed E-state index contributed by atoms with van der Waals surface area (Å²) in [6.07, 6.45) is 0. The van der Waals surface area contributed by atoms with E-state index in [1.165, 1.54) is 11.4 Å². The number of aryl methyl sites for hydroxylation is 1. The van der Waals surface area contributed by atoms with E-state index in [0.29, 0.717) is 17.9 Å². The molecule has 86 valence electrons. The second-order valence-corrected chi connectivity index (χ2v) is 5.20. The monoisotopic (exact) mass is 208 g/mol. The van der Waals surface area contributed by atoms with Crippen LogP contribution in [0.4, 0.5) is 0 Å². The van der Waals surface area contributed by atoms with Crippen molar-refractivity contribution in [2.75, 3.05) is 0 Å². The summed E-state index contributed by atoms with van der Waals surface area (Å²) < 4.78 is 2.38. The van der Waals surface area contributed by atoms with Crippen LogP contribution in [0.1, 0.15) is 76.6 Å². The Hall–Kier alpha value is -0.790. The van der Waals surface area contributed by atoms with Crippen molar-refractivity contribution in [3.05, 3.63) is 17.2 Å². The van der Waals surface area contributed by atoms with Crippen LogP contribution in [0.25, 0.3) is 0 Å². The van der Waals surface area contributed by atoms with Crippen LogP contribution in [-0.4, -0.2) is 9.55 Å². The van der Waals surface area contributed by atoms with Crippen LogP contribution in [0, 0.1) is 6.92 Å². The SMILES string of the molecule is Cc1nc(C(C)C)c(C(C)C)n1C(C)C. The minimum atomic E-state index is 0.502. The molecule has 1 aromatic heterocycles. The molecule has 0 aliphatic heterocycles. The van der Waals surface area contributed by atoms with Crippen LogP contribution in [0.3, 0.4) is 0 Å². The lowest BCUT2D eigenvalue weighted by atomic mass is 10.0. The third kappa shape index (κ3) is 2.24. The maximum absolute atomic E-state index is 4.72. The lowest BCUT2D eigenvalue weighted by molar-refractivity contribution is 0.541. The fourth-order valence-corrected chi connectivity index (χ4v) is 2.23. The number of nitrogens with zero attached hydrogens (tertiary/aromatic N) is 2. The second-order valence-electron chi connectivity index (χ2n) is 5.20. The Kier molecular flexibility index (Phi) is 3.58. The smallest absolute Gasteiger partial charge is 0.106 e. The van der Waals surface area contributed by atoms with E-state index in [4.69, 9.17) is 4.98 Å². The van der Waals surface area contributed by atoms with Gasteiger partial charge in [-0.25, -0.2) is 4.98 Å². The molecule has 0 aliphatic carbocycles. The number of imidazole rings is 1. The Morgan fingerprint density at radius 1 is 0.933 bits per heavy atom. The first-order valence-electron chi connectivity index (χ1n) is 5.94. The average molecular weight is 208 g/mol. The van der Waals surface area contributed by atoms with Crippen molar-refractivity contribution in [2.45, 2.75) is 66.3 Å². The van der Waals surface area contributed by atoms with Crippen LogP contribution >= 0.6 is 0 Å². The van der Waals surface area contributed by atoms with Crippen molar-refractivity contribution in [3.8, 4) is 0 Å². The third-order valence-electron chi connectivity index (χ3n) is 2.76. The maximum atomic E-state index is 4.72. The molecule has 2 nitrogen and oxygen atoms in total. The van der Waals surface area contributed by atoms with Gasteiger partial charge in [-0.2, -0.15) is 0 Å². The van der Waals surface area contributed by atoms with Gasteiger partial charge in [0.15, 0.2) is 0 Å². The van der Waals surface area contributed by atoms with E-state index in [0.717, 1.165) is 5.82 Å². The highest BCUT2D eigenvalue weighted by Crippen LogP contribution is 2.29. The van der Waals surface area contributed by atoms with Gasteiger partial charge >= 0.3 is 0 Å². The van der Waals surface area contributed by atoms with Gasteiger partial charge in [-0.05, 0) is 32.6 Å². The molecule has 1 rings (SSSR count). The van der Waals surface area contributed by atoms with Gasteiger partial charge in [-0.15, -0.1) is 0 Å². The average Bonchev–Trinajstić information content (AvgIpc) is 2.42. The van der Waals surface area contributed by atoms with E-state index in [9.17, 15) is 0 Å². The summed E-state index contributed by atoms with van der Waals surface area (Å²) in [4.78, 5) is 4.72. The van der Waals surface area contributed by atoms with Gasteiger partial charge in [0.1, 0.15) is 5.82 Å². The number of hydrogen-bond acceptors (Lipinski definition) is 1. The van der Waals surface area contributed by atoms with Crippen molar-refractivity contribution < 1.29 is 0 Å². The zero-order valence-corrected chi connectivity index (χ0v) is 11.1. The summed E-state index contributed by atoms with van der Waals surface area (Å²) in [5, 5.41) is 0. The predicted molar refractivity (Wildman–Crippen MR) is 65.5 cm³/mol. The zero-order chi connectivity index (χ0) is 11.7. The molecule has 1 aromatic rings. The Morgan fingerprint density at radius 3 is 1.80 bits per heavy atom. The van der Waals surface area contributed by atoms with Gasteiger partial charge < -0.3 is 4.57 Å². The number of hydrogen-bond donors (Lipinski definition) is 0. The van der Waals surface area contributed by atoms with E-state index in [1.54, 1.807) is 0 Å². The molecule has 15 heavy (non-hydrogen) atoms. The fraction of sp³-hybridized carbons (Fsp3) is 0.769. The lowest BCUT2D eigenvalue weighted by Crippen LogP contribution is -2.10. The standard InChI is InChI=1S/C13H24N2/c1-8(2)12-13(9(3)4)15(10(5)6)11(7)14-12/h8-10H,1-7H3. The first-order chi connectivity index (χ1) is 6.86. The summed E-state index contributed by atoms with van der Waals surface area (Å²) in [5.74, 6) is 2.21. The first kappa shape index (κ1) is 12.3. The molecule has 2 heteroatoms. The van der Waals surface area contributed by atoms with E-state index < -0.39 is 0 Å². The first-order valence-corrected chi connectivity index (χ1v) is 5.94. The third-order valence-corrected chi connectivity index (χ3v) is 2.76. The van der Waals surface area contributed by atoms with Gasteiger partial charge in [0.2, 0.25) is 0 Å². The molecular formula is C13H24N2. The molecule has 0 saturated carbocycles. The van der Waals surface area contributed by atoms with E-state index in [1.807, 2.05) is 0 Å². The summed E-state index contributed by atoms with van der Waals surface area (Å²) in [5.41, 5.74) is 2.69. The second kappa shape index (κ2) is 4.38. The van der Waals surface area contributed by atoms with E-state index in [-0.39, 0.29) is 0 Å². The van der Waals surface area contributed by atoms with E-state index >= 15 is 0 Å². The Bertz CT molecular complexity index is 333. The highest BCUT2D eigenvalue weighted by molar-refractivity contribution is 5.23. The molecule has 0 N–H and O–H groups in total. The normalized spacial score (nSPS) is 12.1. The topological polar surface area (TPSA) is 17.8 Å².